The first kappa shape index (κ1) is 37.7. The summed E-state index contributed by atoms with van der Waals surface area (Å²) in [6.07, 6.45) is 0. The Kier molecular flexibility index (Phi) is 12.0. The molecular formula is C36H34N10O8. The number of esters is 2. The van der Waals surface area contributed by atoms with Crippen LogP contribution in [-0.4, -0.2) is 65.8 Å². The Morgan fingerprint density at radius 3 is 1.31 bits per heavy atom. The maximum atomic E-state index is 12.5. The molecule has 2 heterocycles. The van der Waals surface area contributed by atoms with Gasteiger partial charge < -0.3 is 9.47 Å². The molecule has 0 aliphatic carbocycles. The molecule has 0 amide bonds. The molecule has 2 aromatic heterocycles. The van der Waals surface area contributed by atoms with E-state index in [2.05, 4.69) is 31.0 Å². The Hall–Kier alpha value is -7.50. The molecule has 18 nitrogen and oxygen atoms in total. The molecule has 6 rings (SSSR count). The first-order valence-electron chi connectivity index (χ1n) is 16.4. The Balaban J connectivity index is 0.000000208. The van der Waals surface area contributed by atoms with Gasteiger partial charge in [0.25, 0.3) is 11.4 Å². The summed E-state index contributed by atoms with van der Waals surface area (Å²) in [7, 11) is 0. The van der Waals surface area contributed by atoms with Gasteiger partial charge in [-0.25, -0.2) is 19.6 Å². The third-order valence-electron chi connectivity index (χ3n) is 7.53. The number of nitrogens with one attached hydrogen (secondary N) is 2. The van der Waals surface area contributed by atoms with Crippen molar-refractivity contribution in [3.05, 3.63) is 129 Å². The Bertz CT molecular complexity index is 2220. The van der Waals surface area contributed by atoms with Crippen LogP contribution in [0.3, 0.4) is 0 Å². The average molecular weight is 735 g/mol. The van der Waals surface area contributed by atoms with E-state index in [9.17, 15) is 29.8 Å². The van der Waals surface area contributed by atoms with E-state index < -0.39 is 21.8 Å². The van der Waals surface area contributed by atoms with Gasteiger partial charge in [-0.1, -0.05) is 24.3 Å². The Morgan fingerprint density at radius 2 is 0.981 bits per heavy atom. The van der Waals surface area contributed by atoms with Crippen LogP contribution in [0.1, 0.15) is 25.5 Å². The number of non-ortho nitro benzene ring substituents is 2. The number of aryl methyl sites for hydroxylation is 2. The third kappa shape index (κ3) is 8.68. The van der Waals surface area contributed by atoms with Crippen molar-refractivity contribution in [2.24, 2.45) is 10.2 Å². The van der Waals surface area contributed by atoms with E-state index in [0.717, 1.165) is 11.0 Å². The van der Waals surface area contributed by atoms with Crippen LogP contribution < -0.4 is 10.9 Å². The maximum absolute atomic E-state index is 12.5. The Morgan fingerprint density at radius 1 is 0.630 bits per heavy atom. The second-order valence-corrected chi connectivity index (χ2v) is 11.1. The minimum Gasteiger partial charge on any atom is -0.460 e. The fourth-order valence-electron chi connectivity index (χ4n) is 5.14. The van der Waals surface area contributed by atoms with Crippen LogP contribution in [0.25, 0.3) is 22.1 Å². The molecule has 4 aromatic carbocycles. The number of anilines is 2. The summed E-state index contributed by atoms with van der Waals surface area (Å²) in [6, 6.07) is 26.1. The zero-order chi connectivity index (χ0) is 38.8. The Labute approximate surface area is 307 Å². The first-order chi connectivity index (χ1) is 26.0. The van der Waals surface area contributed by atoms with Crippen molar-refractivity contribution in [2.75, 3.05) is 24.1 Å². The zero-order valence-electron chi connectivity index (χ0n) is 29.5. The lowest BCUT2D eigenvalue weighted by Crippen LogP contribution is -2.27. The first-order valence-corrected chi connectivity index (χ1v) is 16.4. The van der Waals surface area contributed by atoms with Gasteiger partial charge in [-0.05, 0) is 76.2 Å². The number of nitro benzene ring substituents is 2. The number of carbonyl (C=O) groups excluding carboxylic acids is 2. The summed E-state index contributed by atoms with van der Waals surface area (Å²) in [5.41, 5.74) is 9.28. The summed E-state index contributed by atoms with van der Waals surface area (Å²) in [4.78, 5) is 54.3. The van der Waals surface area contributed by atoms with Crippen molar-refractivity contribution in [2.45, 2.75) is 27.7 Å². The summed E-state index contributed by atoms with van der Waals surface area (Å²) < 4.78 is 13.5. The number of imidazole rings is 2. The lowest BCUT2D eigenvalue weighted by atomic mass is 10.3. The van der Waals surface area contributed by atoms with Crippen LogP contribution in [0.2, 0.25) is 0 Å². The highest BCUT2D eigenvalue weighted by molar-refractivity contribution is 6.38. The minimum absolute atomic E-state index is 0.0152. The van der Waals surface area contributed by atoms with Gasteiger partial charge in [0.15, 0.2) is 0 Å². The van der Waals surface area contributed by atoms with Gasteiger partial charge in [-0.15, -0.1) is 10.2 Å². The lowest BCUT2D eigenvalue weighted by Gasteiger charge is -2.10. The van der Waals surface area contributed by atoms with Crippen molar-refractivity contribution in [1.29, 1.82) is 0 Å². The largest absolute Gasteiger partial charge is 0.460 e. The number of rotatable bonds is 8. The minimum atomic E-state index is -0.613. The van der Waals surface area contributed by atoms with E-state index in [4.69, 9.17) is 9.47 Å². The van der Waals surface area contributed by atoms with Gasteiger partial charge in [0, 0.05) is 24.3 Å². The summed E-state index contributed by atoms with van der Waals surface area (Å²) in [5.74, 6) is -0.0406. The standard InChI is InChI=1S/2C18H17N5O4/c2*1-3-27-18(24)17(21-20-13-8-10-14(11-9-13)23(25)26)22-12(2)19-15-6-4-5-7-16(15)22/h2*4-11,20H,3H2,1-2H3/b2*21-17-. The smallest absolute Gasteiger partial charge is 0.376 e. The highest BCUT2D eigenvalue weighted by Gasteiger charge is 2.22. The number of nitrogens with zero attached hydrogens (tertiary/aromatic N) is 8. The van der Waals surface area contributed by atoms with Crippen molar-refractivity contribution in [3.8, 4) is 0 Å². The van der Waals surface area contributed by atoms with Gasteiger partial charge >= 0.3 is 11.9 Å². The number of aromatic nitrogens is 4. The highest BCUT2D eigenvalue weighted by atomic mass is 16.6. The molecule has 0 aliphatic heterocycles. The summed E-state index contributed by atoms with van der Waals surface area (Å²) in [5, 5.41) is 29.9. The van der Waals surface area contributed by atoms with E-state index in [1.54, 1.807) is 36.8 Å². The van der Waals surface area contributed by atoms with E-state index in [-0.39, 0.29) is 36.3 Å². The molecule has 54 heavy (non-hydrogen) atoms. The van der Waals surface area contributed by atoms with Crippen molar-refractivity contribution in [1.82, 2.24) is 19.1 Å². The number of para-hydroxylation sites is 4. The molecule has 0 radical (unpaired) electrons. The third-order valence-corrected chi connectivity index (χ3v) is 7.53. The second-order valence-electron chi connectivity index (χ2n) is 11.1. The molecule has 0 bridgehead atoms. The van der Waals surface area contributed by atoms with E-state index in [1.165, 1.54) is 48.5 Å². The normalized spacial score (nSPS) is 11.4. The lowest BCUT2D eigenvalue weighted by molar-refractivity contribution is -0.385. The molecular weight excluding hydrogens is 700 g/mol. The quantitative estimate of drug-likeness (QED) is 0.0588. The number of hydrazone groups is 2. The molecule has 0 saturated carbocycles. The molecule has 0 aliphatic rings. The molecule has 0 fully saturated rings. The maximum Gasteiger partial charge on any atom is 0.376 e. The van der Waals surface area contributed by atoms with Gasteiger partial charge in [0.2, 0.25) is 11.7 Å². The van der Waals surface area contributed by atoms with E-state index in [1.807, 2.05) is 48.5 Å². The van der Waals surface area contributed by atoms with Gasteiger partial charge in [-0.3, -0.25) is 40.2 Å². The molecule has 276 valence electrons. The van der Waals surface area contributed by atoms with Crippen LogP contribution in [0.5, 0.6) is 0 Å². The van der Waals surface area contributed by atoms with E-state index >= 15 is 0 Å². The summed E-state index contributed by atoms with van der Waals surface area (Å²) in [6.45, 7) is 7.33. The molecule has 6 aromatic rings. The predicted molar refractivity (Wildman–Crippen MR) is 201 cm³/mol. The van der Waals surface area contributed by atoms with Crippen LogP contribution in [0.4, 0.5) is 22.7 Å². The van der Waals surface area contributed by atoms with Crippen molar-refractivity contribution >= 4 is 68.4 Å². The second kappa shape index (κ2) is 17.1. The zero-order valence-corrected chi connectivity index (χ0v) is 29.5. The van der Waals surface area contributed by atoms with Crippen LogP contribution in [0, 0.1) is 34.1 Å². The van der Waals surface area contributed by atoms with Gasteiger partial charge in [0.05, 0.1) is 56.5 Å². The van der Waals surface area contributed by atoms with Crippen molar-refractivity contribution in [3.63, 3.8) is 0 Å². The highest BCUT2D eigenvalue weighted by Crippen LogP contribution is 2.20. The number of carbonyl (C=O) groups is 2. The topological polar surface area (TPSA) is 223 Å². The molecule has 18 heteroatoms. The van der Waals surface area contributed by atoms with Crippen LogP contribution in [0.15, 0.2) is 107 Å². The van der Waals surface area contributed by atoms with Gasteiger partial charge in [-0.2, -0.15) is 0 Å². The fraction of sp³-hybridized carbons (Fsp3) is 0.167. The predicted octanol–water partition coefficient (Wildman–Crippen LogP) is 6.18. The van der Waals surface area contributed by atoms with E-state index in [0.29, 0.717) is 34.1 Å². The molecule has 0 unspecified atom stereocenters. The number of hydrogen-bond donors (Lipinski definition) is 2. The molecule has 0 saturated heterocycles. The number of nitro groups is 2. The molecule has 2 N–H and O–H groups in total. The fourth-order valence-corrected chi connectivity index (χ4v) is 5.14. The number of hydrogen-bond acceptors (Lipinski definition) is 14. The number of ether oxygens (including phenoxy) is 2. The number of benzene rings is 4. The van der Waals surface area contributed by atoms with Gasteiger partial charge in [0.1, 0.15) is 11.6 Å². The van der Waals surface area contributed by atoms with Crippen molar-refractivity contribution < 1.29 is 28.9 Å². The van der Waals surface area contributed by atoms with Crippen LogP contribution >= 0.6 is 0 Å². The molecule has 0 atom stereocenters. The molecule has 0 spiro atoms. The average Bonchev–Trinajstić information content (AvgIpc) is 3.67. The van der Waals surface area contributed by atoms with Crippen LogP contribution in [-0.2, 0) is 19.1 Å². The summed E-state index contributed by atoms with van der Waals surface area (Å²) >= 11 is 0. The SMILES string of the molecule is CCOC(=O)/C(=N/Nc1ccc([N+](=O)[O-])cc1)n1c(C)nc2ccccc21.CCOC(=O)/C(=N/Nc1ccc([N+](=O)[O-])cc1)n1c(C)nc2ccccc21. The number of fused-ring (bicyclic) bond motifs is 2. The monoisotopic (exact) mass is 734 g/mol.